The molecule has 0 aliphatic rings. The van der Waals surface area contributed by atoms with Crippen LogP contribution in [-0.2, 0) is 10.3 Å². The SMILES string of the molecule is CCCCCC(C)(OC)c1cccnc1. The van der Waals surface area contributed by atoms with Gasteiger partial charge in [0.25, 0.3) is 0 Å². The molecule has 84 valence electrons. The molecule has 1 aromatic rings. The molecule has 0 aliphatic heterocycles. The van der Waals surface area contributed by atoms with E-state index < -0.39 is 0 Å². The van der Waals surface area contributed by atoms with Crippen molar-refractivity contribution >= 4 is 0 Å². The first-order chi connectivity index (χ1) is 7.23. The predicted octanol–water partition coefficient (Wildman–Crippen LogP) is 3.52. The summed E-state index contributed by atoms with van der Waals surface area (Å²) in [5.41, 5.74) is 0.993. The highest BCUT2D eigenvalue weighted by Gasteiger charge is 2.25. The maximum absolute atomic E-state index is 5.63. The van der Waals surface area contributed by atoms with E-state index in [0.717, 1.165) is 6.42 Å². The average molecular weight is 207 g/mol. The summed E-state index contributed by atoms with van der Waals surface area (Å²) in [7, 11) is 1.78. The Bertz CT molecular complexity index is 273. The zero-order valence-electron chi connectivity index (χ0n) is 9.99. The molecule has 2 heteroatoms. The fourth-order valence-corrected chi connectivity index (χ4v) is 1.75. The van der Waals surface area contributed by atoms with Crippen LogP contribution in [0.5, 0.6) is 0 Å². The smallest absolute Gasteiger partial charge is 0.0914 e. The molecule has 1 rings (SSSR count). The highest BCUT2D eigenvalue weighted by atomic mass is 16.5. The zero-order valence-corrected chi connectivity index (χ0v) is 9.99. The van der Waals surface area contributed by atoms with E-state index in [1.807, 2.05) is 12.3 Å². The Balaban J connectivity index is 2.67. The Kier molecular flexibility index (Phi) is 4.76. The molecular formula is C13H21NO. The number of hydrogen-bond acceptors (Lipinski definition) is 2. The van der Waals surface area contributed by atoms with E-state index in [9.17, 15) is 0 Å². The number of methoxy groups -OCH3 is 1. The van der Waals surface area contributed by atoms with Gasteiger partial charge in [-0.25, -0.2) is 0 Å². The number of unbranched alkanes of at least 4 members (excludes halogenated alkanes) is 2. The van der Waals surface area contributed by atoms with Crippen LogP contribution >= 0.6 is 0 Å². The Hall–Kier alpha value is -0.890. The molecule has 1 aromatic heterocycles. The van der Waals surface area contributed by atoms with Crippen LogP contribution in [0.1, 0.15) is 45.1 Å². The third-order valence-corrected chi connectivity index (χ3v) is 2.98. The van der Waals surface area contributed by atoms with Crippen LogP contribution in [0.25, 0.3) is 0 Å². The maximum atomic E-state index is 5.63. The first-order valence-electron chi connectivity index (χ1n) is 5.68. The van der Waals surface area contributed by atoms with Gasteiger partial charge >= 0.3 is 0 Å². The molecule has 15 heavy (non-hydrogen) atoms. The fourth-order valence-electron chi connectivity index (χ4n) is 1.75. The monoisotopic (exact) mass is 207 g/mol. The predicted molar refractivity (Wildman–Crippen MR) is 62.7 cm³/mol. The second-order valence-corrected chi connectivity index (χ2v) is 4.13. The van der Waals surface area contributed by atoms with Crippen molar-refractivity contribution in [2.24, 2.45) is 0 Å². The summed E-state index contributed by atoms with van der Waals surface area (Å²) in [6.07, 6.45) is 8.46. The second kappa shape index (κ2) is 5.86. The van der Waals surface area contributed by atoms with E-state index >= 15 is 0 Å². The number of aromatic nitrogens is 1. The van der Waals surface area contributed by atoms with Crippen LogP contribution in [0.3, 0.4) is 0 Å². The largest absolute Gasteiger partial charge is 0.374 e. The summed E-state index contributed by atoms with van der Waals surface area (Å²) >= 11 is 0. The van der Waals surface area contributed by atoms with Crippen molar-refractivity contribution in [3.8, 4) is 0 Å². The van der Waals surface area contributed by atoms with Gasteiger partial charge in [0.1, 0.15) is 0 Å². The number of ether oxygens (including phenoxy) is 1. The molecule has 0 saturated carbocycles. The van der Waals surface area contributed by atoms with Crippen LogP contribution < -0.4 is 0 Å². The van der Waals surface area contributed by atoms with Crippen molar-refractivity contribution in [2.45, 2.75) is 45.1 Å². The van der Waals surface area contributed by atoms with Gasteiger partial charge in [0.2, 0.25) is 0 Å². The average Bonchev–Trinajstić information content (AvgIpc) is 2.30. The van der Waals surface area contributed by atoms with Crippen molar-refractivity contribution in [1.29, 1.82) is 0 Å². The molecule has 0 saturated heterocycles. The van der Waals surface area contributed by atoms with Gasteiger partial charge in [-0.1, -0.05) is 32.3 Å². The maximum Gasteiger partial charge on any atom is 0.0914 e. The summed E-state index contributed by atoms with van der Waals surface area (Å²) in [6.45, 7) is 4.36. The van der Waals surface area contributed by atoms with Crippen LogP contribution in [0.15, 0.2) is 24.5 Å². The minimum absolute atomic E-state index is 0.177. The van der Waals surface area contributed by atoms with Gasteiger partial charge in [0, 0.05) is 25.1 Å². The van der Waals surface area contributed by atoms with Crippen LogP contribution in [0.2, 0.25) is 0 Å². The normalized spacial score (nSPS) is 14.9. The van der Waals surface area contributed by atoms with Crippen molar-refractivity contribution < 1.29 is 4.74 Å². The van der Waals surface area contributed by atoms with Crippen LogP contribution in [0, 0.1) is 0 Å². The first-order valence-corrected chi connectivity index (χ1v) is 5.68. The molecule has 0 fully saturated rings. The molecule has 2 nitrogen and oxygen atoms in total. The molecule has 0 bridgehead atoms. The van der Waals surface area contributed by atoms with Crippen molar-refractivity contribution in [2.75, 3.05) is 7.11 Å². The lowest BCUT2D eigenvalue weighted by molar-refractivity contribution is -0.00779. The Morgan fingerprint density at radius 3 is 2.73 bits per heavy atom. The summed E-state index contributed by atoms with van der Waals surface area (Å²) in [5.74, 6) is 0. The molecule has 0 amide bonds. The highest BCUT2D eigenvalue weighted by molar-refractivity contribution is 5.17. The molecule has 0 spiro atoms. The molecule has 0 N–H and O–H groups in total. The topological polar surface area (TPSA) is 22.1 Å². The van der Waals surface area contributed by atoms with E-state index in [1.165, 1.54) is 24.8 Å². The molecule has 0 aromatic carbocycles. The number of nitrogens with zero attached hydrogens (tertiary/aromatic N) is 1. The first kappa shape index (κ1) is 12.2. The minimum atomic E-state index is -0.177. The summed E-state index contributed by atoms with van der Waals surface area (Å²) < 4.78 is 5.63. The highest BCUT2D eigenvalue weighted by Crippen LogP contribution is 2.29. The van der Waals surface area contributed by atoms with E-state index in [1.54, 1.807) is 13.3 Å². The summed E-state index contributed by atoms with van der Waals surface area (Å²) in [6, 6.07) is 4.05. The third kappa shape index (κ3) is 3.31. The molecule has 1 atom stereocenters. The van der Waals surface area contributed by atoms with Gasteiger partial charge in [0.15, 0.2) is 0 Å². The number of pyridine rings is 1. The molecule has 0 radical (unpaired) electrons. The lowest BCUT2D eigenvalue weighted by atomic mass is 9.91. The lowest BCUT2D eigenvalue weighted by Crippen LogP contribution is -2.24. The summed E-state index contributed by atoms with van der Waals surface area (Å²) in [5, 5.41) is 0. The van der Waals surface area contributed by atoms with Gasteiger partial charge in [-0.2, -0.15) is 0 Å². The zero-order chi connectivity index (χ0) is 11.1. The number of rotatable bonds is 6. The van der Waals surface area contributed by atoms with Gasteiger partial charge in [-0.15, -0.1) is 0 Å². The Labute approximate surface area is 92.7 Å². The lowest BCUT2D eigenvalue weighted by Gasteiger charge is -2.28. The van der Waals surface area contributed by atoms with E-state index in [4.69, 9.17) is 4.74 Å². The van der Waals surface area contributed by atoms with Gasteiger partial charge in [0.05, 0.1) is 5.60 Å². The minimum Gasteiger partial charge on any atom is -0.374 e. The molecular weight excluding hydrogens is 186 g/mol. The third-order valence-electron chi connectivity index (χ3n) is 2.98. The van der Waals surface area contributed by atoms with E-state index in [0.29, 0.717) is 0 Å². The fraction of sp³-hybridized carbons (Fsp3) is 0.615. The van der Waals surface area contributed by atoms with Crippen LogP contribution in [-0.4, -0.2) is 12.1 Å². The quantitative estimate of drug-likeness (QED) is 0.666. The molecule has 1 unspecified atom stereocenters. The molecule has 1 heterocycles. The Morgan fingerprint density at radius 1 is 1.40 bits per heavy atom. The van der Waals surface area contributed by atoms with Crippen molar-refractivity contribution in [1.82, 2.24) is 4.98 Å². The van der Waals surface area contributed by atoms with Gasteiger partial charge < -0.3 is 4.74 Å². The van der Waals surface area contributed by atoms with Gasteiger partial charge in [-0.05, 0) is 19.4 Å². The van der Waals surface area contributed by atoms with Gasteiger partial charge in [-0.3, -0.25) is 4.98 Å². The van der Waals surface area contributed by atoms with Crippen molar-refractivity contribution in [3.63, 3.8) is 0 Å². The Morgan fingerprint density at radius 2 is 2.20 bits per heavy atom. The standard InChI is InChI=1S/C13H21NO/c1-4-5-6-9-13(2,15-3)12-8-7-10-14-11-12/h7-8,10-11H,4-6,9H2,1-3H3. The van der Waals surface area contributed by atoms with Crippen LogP contribution in [0.4, 0.5) is 0 Å². The van der Waals surface area contributed by atoms with Crippen molar-refractivity contribution in [3.05, 3.63) is 30.1 Å². The van der Waals surface area contributed by atoms with E-state index in [2.05, 4.69) is 24.9 Å². The number of hydrogen-bond donors (Lipinski definition) is 0. The molecule has 0 aliphatic carbocycles. The summed E-state index contributed by atoms with van der Waals surface area (Å²) in [4.78, 5) is 4.15. The van der Waals surface area contributed by atoms with E-state index in [-0.39, 0.29) is 5.60 Å². The second-order valence-electron chi connectivity index (χ2n) is 4.13.